The van der Waals surface area contributed by atoms with Crippen molar-refractivity contribution in [3.05, 3.63) is 59.4 Å². The van der Waals surface area contributed by atoms with Gasteiger partial charge in [-0.2, -0.15) is 0 Å². The zero-order valence-electron chi connectivity index (χ0n) is 11.1. The molecule has 2 aliphatic rings. The highest BCUT2D eigenvalue weighted by atomic mass is 16.5. The maximum atomic E-state index is 5.99. The molecular formula is C16H14N2O2. The van der Waals surface area contributed by atoms with E-state index in [1.165, 1.54) is 11.1 Å². The lowest BCUT2D eigenvalue weighted by Crippen LogP contribution is -2.14. The molecule has 0 bridgehead atoms. The van der Waals surface area contributed by atoms with Crippen LogP contribution in [0.25, 0.3) is 0 Å². The predicted molar refractivity (Wildman–Crippen MR) is 75.1 cm³/mol. The van der Waals surface area contributed by atoms with Crippen molar-refractivity contribution >= 4 is 5.90 Å². The number of pyridine rings is 1. The number of fused-ring (bicyclic) bond motifs is 3. The van der Waals surface area contributed by atoms with Crippen molar-refractivity contribution in [2.45, 2.75) is 18.6 Å². The van der Waals surface area contributed by atoms with E-state index < -0.39 is 0 Å². The number of nitrogens with zero attached hydrogens (tertiary/aromatic N) is 2. The summed E-state index contributed by atoms with van der Waals surface area (Å²) in [6.45, 7) is 0. The third-order valence-corrected chi connectivity index (χ3v) is 3.85. The Morgan fingerprint density at radius 2 is 2.15 bits per heavy atom. The normalized spacial score (nSPS) is 22.8. The van der Waals surface area contributed by atoms with Crippen molar-refractivity contribution in [2.24, 2.45) is 4.99 Å². The number of aromatic nitrogens is 1. The molecule has 20 heavy (non-hydrogen) atoms. The molecule has 100 valence electrons. The number of ether oxygens (including phenoxy) is 2. The Kier molecular flexibility index (Phi) is 2.49. The maximum absolute atomic E-state index is 5.99. The lowest BCUT2D eigenvalue weighted by molar-refractivity contribution is 0.206. The first-order valence-electron chi connectivity index (χ1n) is 6.68. The second-order valence-electron chi connectivity index (χ2n) is 5.02. The molecule has 0 unspecified atom stereocenters. The Labute approximate surface area is 117 Å². The molecule has 4 rings (SSSR count). The minimum Gasteiger partial charge on any atom is -0.497 e. The van der Waals surface area contributed by atoms with E-state index in [2.05, 4.69) is 29.2 Å². The van der Waals surface area contributed by atoms with Crippen molar-refractivity contribution < 1.29 is 9.47 Å². The second kappa shape index (κ2) is 4.34. The van der Waals surface area contributed by atoms with Crippen molar-refractivity contribution in [3.63, 3.8) is 0 Å². The largest absolute Gasteiger partial charge is 0.497 e. The molecule has 0 spiro atoms. The van der Waals surface area contributed by atoms with Gasteiger partial charge < -0.3 is 9.47 Å². The highest BCUT2D eigenvalue weighted by Crippen LogP contribution is 2.40. The third kappa shape index (κ3) is 1.68. The van der Waals surface area contributed by atoms with Crippen LogP contribution in [0, 0.1) is 0 Å². The molecular weight excluding hydrogens is 252 g/mol. The van der Waals surface area contributed by atoms with E-state index in [0.717, 1.165) is 17.9 Å². The lowest BCUT2D eigenvalue weighted by atomic mass is 10.1. The maximum Gasteiger partial charge on any atom is 0.236 e. The molecule has 0 radical (unpaired) electrons. The Hall–Kier alpha value is -2.36. The van der Waals surface area contributed by atoms with Crippen LogP contribution in [-0.4, -0.2) is 24.1 Å². The minimum absolute atomic E-state index is 0.106. The zero-order chi connectivity index (χ0) is 13.5. The van der Waals surface area contributed by atoms with Crippen LogP contribution < -0.4 is 4.74 Å². The molecule has 1 aliphatic heterocycles. The van der Waals surface area contributed by atoms with E-state index in [-0.39, 0.29) is 12.1 Å². The third-order valence-electron chi connectivity index (χ3n) is 3.85. The fourth-order valence-corrected chi connectivity index (χ4v) is 2.88. The van der Waals surface area contributed by atoms with Gasteiger partial charge in [-0.25, -0.2) is 4.99 Å². The van der Waals surface area contributed by atoms with Crippen LogP contribution in [0.2, 0.25) is 0 Å². The van der Waals surface area contributed by atoms with Gasteiger partial charge in [0.2, 0.25) is 5.90 Å². The Bertz CT molecular complexity index is 696. The van der Waals surface area contributed by atoms with Crippen LogP contribution in [0.5, 0.6) is 5.75 Å². The number of aliphatic imine (C=N–C) groups is 1. The monoisotopic (exact) mass is 266 g/mol. The molecule has 1 aliphatic carbocycles. The summed E-state index contributed by atoms with van der Waals surface area (Å²) in [4.78, 5) is 9.03. The molecule has 2 aromatic rings. The van der Waals surface area contributed by atoms with Gasteiger partial charge in [-0.15, -0.1) is 0 Å². The minimum atomic E-state index is 0.106. The van der Waals surface area contributed by atoms with Crippen molar-refractivity contribution in [3.8, 4) is 5.75 Å². The summed E-state index contributed by atoms with van der Waals surface area (Å²) < 4.78 is 11.2. The molecule has 4 heteroatoms. The smallest absolute Gasteiger partial charge is 0.236 e. The molecule has 4 nitrogen and oxygen atoms in total. The summed E-state index contributed by atoms with van der Waals surface area (Å²) >= 11 is 0. The average Bonchev–Trinajstić information content (AvgIpc) is 3.05. The van der Waals surface area contributed by atoms with E-state index in [4.69, 9.17) is 14.5 Å². The van der Waals surface area contributed by atoms with Gasteiger partial charge in [-0.05, 0) is 17.2 Å². The second-order valence-corrected chi connectivity index (χ2v) is 5.02. The molecule has 0 saturated heterocycles. The first-order chi connectivity index (χ1) is 9.85. The van der Waals surface area contributed by atoms with Crippen molar-refractivity contribution in [1.29, 1.82) is 0 Å². The molecule has 2 heterocycles. The summed E-state index contributed by atoms with van der Waals surface area (Å²) in [5, 5.41) is 0. The number of rotatable bonds is 2. The SMILES string of the molecule is COc1ccnc(C2=N[C@@H]3c4ccccc4C[C@@H]3O2)c1. The Balaban J connectivity index is 1.70. The first-order valence-corrected chi connectivity index (χ1v) is 6.68. The zero-order valence-corrected chi connectivity index (χ0v) is 11.1. The fourth-order valence-electron chi connectivity index (χ4n) is 2.88. The van der Waals surface area contributed by atoms with Gasteiger partial charge in [0, 0.05) is 18.7 Å². The quantitative estimate of drug-likeness (QED) is 0.839. The van der Waals surface area contributed by atoms with Crippen LogP contribution in [-0.2, 0) is 11.2 Å². The highest BCUT2D eigenvalue weighted by Gasteiger charge is 2.39. The molecule has 0 N–H and O–H groups in total. The standard InChI is InChI=1S/C16H14N2O2/c1-19-11-6-7-17-13(9-11)16-18-15-12-5-3-2-4-10(12)8-14(15)20-16/h2-7,9,14-15H,8H2,1H3/t14-,15+/m0/s1. The van der Waals surface area contributed by atoms with Crippen LogP contribution >= 0.6 is 0 Å². The average molecular weight is 266 g/mol. The topological polar surface area (TPSA) is 43.7 Å². The summed E-state index contributed by atoms with van der Waals surface area (Å²) in [6, 6.07) is 12.2. The van der Waals surface area contributed by atoms with E-state index in [9.17, 15) is 0 Å². The van der Waals surface area contributed by atoms with Crippen LogP contribution in [0.4, 0.5) is 0 Å². The van der Waals surface area contributed by atoms with Crippen LogP contribution in [0.3, 0.4) is 0 Å². The van der Waals surface area contributed by atoms with Crippen LogP contribution in [0.15, 0.2) is 47.6 Å². The van der Waals surface area contributed by atoms with Gasteiger partial charge in [0.15, 0.2) is 0 Å². The lowest BCUT2D eigenvalue weighted by Gasteiger charge is -2.08. The first kappa shape index (κ1) is 11.5. The predicted octanol–water partition coefficient (Wildman–Crippen LogP) is 2.53. The van der Waals surface area contributed by atoms with Gasteiger partial charge in [-0.1, -0.05) is 24.3 Å². The number of benzene rings is 1. The molecule has 0 amide bonds. The Morgan fingerprint density at radius 1 is 1.25 bits per heavy atom. The molecule has 1 aromatic carbocycles. The van der Waals surface area contributed by atoms with E-state index in [1.807, 2.05) is 12.1 Å². The number of hydrogen-bond acceptors (Lipinski definition) is 4. The molecule has 0 fully saturated rings. The van der Waals surface area contributed by atoms with Gasteiger partial charge in [0.25, 0.3) is 0 Å². The highest BCUT2D eigenvalue weighted by molar-refractivity contribution is 5.94. The van der Waals surface area contributed by atoms with E-state index in [1.54, 1.807) is 13.3 Å². The number of methoxy groups -OCH3 is 1. The van der Waals surface area contributed by atoms with Gasteiger partial charge in [0.05, 0.1) is 7.11 Å². The molecule has 0 saturated carbocycles. The van der Waals surface area contributed by atoms with Crippen LogP contribution in [0.1, 0.15) is 22.9 Å². The van der Waals surface area contributed by atoms with E-state index >= 15 is 0 Å². The fraction of sp³-hybridized carbons (Fsp3) is 0.250. The summed E-state index contributed by atoms with van der Waals surface area (Å²) in [5.41, 5.74) is 3.34. The summed E-state index contributed by atoms with van der Waals surface area (Å²) in [6.07, 6.45) is 2.73. The van der Waals surface area contributed by atoms with Gasteiger partial charge >= 0.3 is 0 Å². The van der Waals surface area contributed by atoms with Gasteiger partial charge in [0.1, 0.15) is 23.6 Å². The van der Waals surface area contributed by atoms with Gasteiger partial charge in [-0.3, -0.25) is 4.98 Å². The van der Waals surface area contributed by atoms with Crippen molar-refractivity contribution in [1.82, 2.24) is 4.98 Å². The molecule has 1 aromatic heterocycles. The van der Waals surface area contributed by atoms with Crippen molar-refractivity contribution in [2.75, 3.05) is 7.11 Å². The molecule has 2 atom stereocenters. The summed E-state index contributed by atoms with van der Waals surface area (Å²) in [5.74, 6) is 1.38. The van der Waals surface area contributed by atoms with E-state index in [0.29, 0.717) is 5.90 Å². The summed E-state index contributed by atoms with van der Waals surface area (Å²) in [7, 11) is 1.64. The number of hydrogen-bond donors (Lipinski definition) is 0. The Morgan fingerprint density at radius 3 is 3.05 bits per heavy atom.